The topological polar surface area (TPSA) is 83.6 Å². The molecule has 1 atom stereocenters. The van der Waals surface area contributed by atoms with Crippen molar-refractivity contribution < 1.29 is 13.5 Å². The van der Waals surface area contributed by atoms with E-state index in [9.17, 15) is 13.5 Å². The summed E-state index contributed by atoms with van der Waals surface area (Å²) < 4.78 is 26.0. The van der Waals surface area contributed by atoms with Crippen molar-refractivity contribution in [3.05, 3.63) is 23.2 Å². The van der Waals surface area contributed by atoms with Crippen LogP contribution < -0.4 is 5.73 Å². The van der Waals surface area contributed by atoms with Gasteiger partial charge in [0.25, 0.3) is 0 Å². The molecular weight excluding hydrogens is 276 g/mol. The number of hydrogen-bond donors (Lipinski definition) is 2. The Hall–Kier alpha value is -0.820. The first-order chi connectivity index (χ1) is 8.41. The number of sulfonamides is 1. The van der Waals surface area contributed by atoms with Crippen LogP contribution in [0.4, 0.5) is 5.69 Å². The summed E-state index contributed by atoms with van der Waals surface area (Å²) in [7, 11) is -3.66. The SMILES string of the molecule is Nc1ccc(S(=O)(=O)N2CCCC(O)C2)c(Cl)c1. The number of nitrogens with two attached hydrogens (primary N) is 1. The van der Waals surface area contributed by atoms with Gasteiger partial charge in [-0.05, 0) is 31.0 Å². The van der Waals surface area contributed by atoms with Gasteiger partial charge < -0.3 is 10.8 Å². The van der Waals surface area contributed by atoms with Crippen molar-refractivity contribution in [3.8, 4) is 0 Å². The predicted molar refractivity (Wildman–Crippen MR) is 69.9 cm³/mol. The third-order valence-corrected chi connectivity index (χ3v) is 5.28. The van der Waals surface area contributed by atoms with E-state index in [1.54, 1.807) is 0 Å². The summed E-state index contributed by atoms with van der Waals surface area (Å²) in [5.74, 6) is 0. The van der Waals surface area contributed by atoms with Crippen molar-refractivity contribution in [3.63, 3.8) is 0 Å². The molecule has 18 heavy (non-hydrogen) atoms. The number of anilines is 1. The number of aliphatic hydroxyl groups excluding tert-OH is 1. The van der Waals surface area contributed by atoms with E-state index in [-0.39, 0.29) is 16.5 Å². The largest absolute Gasteiger partial charge is 0.399 e. The number of nitrogens with zero attached hydrogens (tertiary/aromatic N) is 1. The van der Waals surface area contributed by atoms with E-state index in [1.165, 1.54) is 22.5 Å². The van der Waals surface area contributed by atoms with Gasteiger partial charge in [0.2, 0.25) is 10.0 Å². The number of benzene rings is 1. The van der Waals surface area contributed by atoms with Crippen LogP contribution in [0.2, 0.25) is 5.02 Å². The quantitative estimate of drug-likeness (QED) is 0.798. The Kier molecular flexibility index (Phi) is 3.82. The molecule has 0 saturated carbocycles. The molecule has 1 fully saturated rings. The standard InChI is InChI=1S/C11H15ClN2O3S/c12-10-6-8(13)3-4-11(10)18(16,17)14-5-1-2-9(15)7-14/h3-4,6,9,15H,1-2,5,7,13H2. The zero-order chi connectivity index (χ0) is 13.3. The molecule has 1 aliphatic rings. The summed E-state index contributed by atoms with van der Waals surface area (Å²) in [5.41, 5.74) is 5.95. The van der Waals surface area contributed by atoms with Crippen molar-refractivity contribution in [1.29, 1.82) is 0 Å². The number of β-amino-alcohol motifs (C(OH)–C–C–N with tert-alkyl or cyclic N) is 1. The smallest absolute Gasteiger partial charge is 0.244 e. The molecule has 1 aliphatic heterocycles. The monoisotopic (exact) mass is 290 g/mol. The summed E-state index contributed by atoms with van der Waals surface area (Å²) in [5, 5.41) is 9.65. The fourth-order valence-electron chi connectivity index (χ4n) is 2.00. The molecular formula is C11H15ClN2O3S. The number of piperidine rings is 1. The lowest BCUT2D eigenvalue weighted by molar-refractivity contribution is 0.108. The average molecular weight is 291 g/mol. The minimum atomic E-state index is -3.66. The zero-order valence-electron chi connectivity index (χ0n) is 9.71. The highest BCUT2D eigenvalue weighted by molar-refractivity contribution is 7.89. The lowest BCUT2D eigenvalue weighted by Crippen LogP contribution is -2.42. The first-order valence-corrected chi connectivity index (χ1v) is 7.46. The lowest BCUT2D eigenvalue weighted by Gasteiger charge is -2.29. The highest BCUT2D eigenvalue weighted by Crippen LogP contribution is 2.28. The molecule has 3 N–H and O–H groups in total. The molecule has 0 amide bonds. The fourth-order valence-corrected chi connectivity index (χ4v) is 4.05. The Labute approximate surface area is 111 Å². The second-order valence-electron chi connectivity index (χ2n) is 4.35. The van der Waals surface area contributed by atoms with Gasteiger partial charge in [-0.1, -0.05) is 11.6 Å². The van der Waals surface area contributed by atoms with Crippen LogP contribution in [-0.2, 0) is 10.0 Å². The molecule has 1 saturated heterocycles. The maximum absolute atomic E-state index is 12.4. The van der Waals surface area contributed by atoms with Gasteiger partial charge in [-0.15, -0.1) is 0 Å². The zero-order valence-corrected chi connectivity index (χ0v) is 11.3. The van der Waals surface area contributed by atoms with Gasteiger partial charge >= 0.3 is 0 Å². The number of halogens is 1. The van der Waals surface area contributed by atoms with Crippen LogP contribution in [0.25, 0.3) is 0 Å². The summed E-state index contributed by atoms with van der Waals surface area (Å²) in [6.07, 6.45) is 0.662. The molecule has 1 unspecified atom stereocenters. The summed E-state index contributed by atoms with van der Waals surface area (Å²) in [6.45, 7) is 0.517. The van der Waals surface area contributed by atoms with Gasteiger partial charge in [-0.3, -0.25) is 0 Å². The molecule has 0 aromatic heterocycles. The Morgan fingerprint density at radius 1 is 1.44 bits per heavy atom. The molecule has 1 heterocycles. The third-order valence-electron chi connectivity index (χ3n) is 2.93. The van der Waals surface area contributed by atoms with E-state index in [1.807, 2.05) is 0 Å². The highest BCUT2D eigenvalue weighted by atomic mass is 35.5. The Bertz CT molecular complexity index is 547. The van der Waals surface area contributed by atoms with Gasteiger partial charge in [0.05, 0.1) is 11.1 Å². The van der Waals surface area contributed by atoms with Crippen LogP contribution in [-0.4, -0.2) is 37.0 Å². The number of hydrogen-bond acceptors (Lipinski definition) is 4. The van der Waals surface area contributed by atoms with Gasteiger partial charge in [-0.2, -0.15) is 4.31 Å². The molecule has 0 bridgehead atoms. The third kappa shape index (κ3) is 2.61. The van der Waals surface area contributed by atoms with Crippen LogP contribution in [0.3, 0.4) is 0 Å². The maximum atomic E-state index is 12.4. The van der Waals surface area contributed by atoms with E-state index in [2.05, 4.69) is 0 Å². The second-order valence-corrected chi connectivity index (χ2v) is 6.66. The van der Waals surface area contributed by atoms with Crippen LogP contribution in [0.15, 0.2) is 23.1 Å². The van der Waals surface area contributed by atoms with Crippen molar-refractivity contribution in [2.45, 2.75) is 23.8 Å². The van der Waals surface area contributed by atoms with Gasteiger partial charge in [-0.25, -0.2) is 8.42 Å². The molecule has 1 aromatic rings. The van der Waals surface area contributed by atoms with E-state index >= 15 is 0 Å². The van der Waals surface area contributed by atoms with E-state index < -0.39 is 16.1 Å². The number of aliphatic hydroxyl groups is 1. The molecule has 2 rings (SSSR count). The first-order valence-electron chi connectivity index (χ1n) is 5.64. The van der Waals surface area contributed by atoms with Crippen LogP contribution in [0.1, 0.15) is 12.8 Å². The van der Waals surface area contributed by atoms with Crippen molar-refractivity contribution in [2.24, 2.45) is 0 Å². The minimum absolute atomic E-state index is 0.0347. The summed E-state index contributed by atoms with van der Waals surface area (Å²) in [4.78, 5) is 0.0347. The predicted octanol–water partition coefficient (Wildman–Crippen LogP) is 1.07. The Morgan fingerprint density at radius 2 is 2.17 bits per heavy atom. The Balaban J connectivity index is 2.35. The van der Waals surface area contributed by atoms with E-state index in [0.717, 1.165) is 0 Å². The molecule has 0 aliphatic carbocycles. The fraction of sp³-hybridized carbons (Fsp3) is 0.455. The van der Waals surface area contributed by atoms with Crippen molar-refractivity contribution in [1.82, 2.24) is 4.31 Å². The first kappa shape index (κ1) is 13.6. The second kappa shape index (κ2) is 5.05. The molecule has 100 valence electrons. The highest BCUT2D eigenvalue weighted by Gasteiger charge is 2.30. The maximum Gasteiger partial charge on any atom is 0.244 e. The van der Waals surface area contributed by atoms with Crippen LogP contribution in [0, 0.1) is 0 Å². The van der Waals surface area contributed by atoms with Gasteiger partial charge in [0, 0.05) is 18.8 Å². The molecule has 5 nitrogen and oxygen atoms in total. The Morgan fingerprint density at radius 3 is 2.78 bits per heavy atom. The summed E-state index contributed by atoms with van der Waals surface area (Å²) >= 11 is 5.92. The average Bonchev–Trinajstić information content (AvgIpc) is 2.28. The van der Waals surface area contributed by atoms with Crippen molar-refractivity contribution >= 4 is 27.3 Å². The van der Waals surface area contributed by atoms with Gasteiger partial charge in [0.1, 0.15) is 4.90 Å². The molecule has 1 aromatic carbocycles. The van der Waals surface area contributed by atoms with Crippen LogP contribution in [0.5, 0.6) is 0 Å². The molecule has 7 heteroatoms. The van der Waals surface area contributed by atoms with Crippen LogP contribution >= 0.6 is 11.6 Å². The lowest BCUT2D eigenvalue weighted by atomic mass is 10.1. The normalized spacial score (nSPS) is 22.0. The summed E-state index contributed by atoms with van der Waals surface area (Å²) in [6, 6.07) is 4.31. The van der Waals surface area contributed by atoms with Gasteiger partial charge in [0.15, 0.2) is 0 Å². The number of nitrogen functional groups attached to an aromatic ring is 1. The van der Waals surface area contributed by atoms with E-state index in [4.69, 9.17) is 17.3 Å². The molecule has 0 spiro atoms. The van der Waals surface area contributed by atoms with Crippen molar-refractivity contribution in [2.75, 3.05) is 18.8 Å². The van der Waals surface area contributed by atoms with E-state index in [0.29, 0.717) is 25.1 Å². The molecule has 0 radical (unpaired) electrons. The minimum Gasteiger partial charge on any atom is -0.399 e. The number of rotatable bonds is 2.